The van der Waals surface area contributed by atoms with E-state index in [0.717, 1.165) is 11.1 Å². The zero-order valence-electron chi connectivity index (χ0n) is 18.5. The number of H-pyrrole nitrogens is 1. The molecule has 0 unspecified atom stereocenters. The number of aromatic nitrogens is 7. The van der Waals surface area contributed by atoms with Gasteiger partial charge in [0, 0.05) is 36.0 Å². The standard InChI is InChI=1S/C24H23FN8/c1-4-24(2,16-7-5-6-8-17(16)25)20-9-18(31-23(26)32-20)15-11-27-22-21(15)30-19(12-28-22)14-10-29-33(3)13-14/h5-13H,4H2,1-3H3,(H,27,28)(H2,26,31,32)/t24-/m1/s1. The highest BCUT2D eigenvalue weighted by atomic mass is 19.1. The Labute approximate surface area is 189 Å². The van der Waals surface area contributed by atoms with E-state index in [4.69, 9.17) is 10.7 Å². The van der Waals surface area contributed by atoms with E-state index in [0.29, 0.717) is 40.2 Å². The third-order valence-electron chi connectivity index (χ3n) is 6.14. The largest absolute Gasteiger partial charge is 0.368 e. The Balaban J connectivity index is 1.66. The molecule has 166 valence electrons. The maximum atomic E-state index is 14.7. The molecule has 5 aromatic rings. The molecule has 0 aliphatic carbocycles. The summed E-state index contributed by atoms with van der Waals surface area (Å²) in [5, 5.41) is 4.21. The van der Waals surface area contributed by atoms with Gasteiger partial charge in [-0.15, -0.1) is 0 Å². The molecule has 1 aromatic carbocycles. The van der Waals surface area contributed by atoms with Crippen LogP contribution in [0.3, 0.4) is 0 Å². The summed E-state index contributed by atoms with van der Waals surface area (Å²) in [7, 11) is 1.85. The summed E-state index contributed by atoms with van der Waals surface area (Å²) in [6.07, 6.45) is 7.75. The van der Waals surface area contributed by atoms with Gasteiger partial charge in [0.2, 0.25) is 5.95 Å². The first-order valence-electron chi connectivity index (χ1n) is 10.6. The lowest BCUT2D eigenvalue weighted by atomic mass is 9.76. The number of nitrogens with zero attached hydrogens (tertiary/aromatic N) is 6. The fraction of sp³-hybridized carbons (Fsp3) is 0.208. The van der Waals surface area contributed by atoms with E-state index < -0.39 is 5.41 Å². The average molecular weight is 443 g/mol. The third-order valence-corrected chi connectivity index (χ3v) is 6.14. The van der Waals surface area contributed by atoms with Crippen molar-refractivity contribution in [3.63, 3.8) is 0 Å². The number of hydrogen-bond donors (Lipinski definition) is 2. The Morgan fingerprint density at radius 2 is 1.94 bits per heavy atom. The average Bonchev–Trinajstić information content (AvgIpc) is 3.44. The van der Waals surface area contributed by atoms with Gasteiger partial charge in [0.25, 0.3) is 0 Å². The first-order valence-corrected chi connectivity index (χ1v) is 10.6. The van der Waals surface area contributed by atoms with E-state index in [-0.39, 0.29) is 11.8 Å². The lowest BCUT2D eigenvalue weighted by Gasteiger charge is -2.29. The number of benzene rings is 1. The second-order valence-corrected chi connectivity index (χ2v) is 8.22. The number of nitrogens with one attached hydrogen (secondary N) is 1. The molecule has 33 heavy (non-hydrogen) atoms. The van der Waals surface area contributed by atoms with E-state index >= 15 is 0 Å². The Bertz CT molecular complexity index is 1470. The van der Waals surface area contributed by atoms with Crippen LogP contribution in [-0.2, 0) is 12.5 Å². The number of fused-ring (bicyclic) bond motifs is 1. The van der Waals surface area contributed by atoms with Crippen molar-refractivity contribution in [2.45, 2.75) is 25.7 Å². The predicted octanol–water partition coefficient (Wildman–Crippen LogP) is 4.25. The summed E-state index contributed by atoms with van der Waals surface area (Å²) < 4.78 is 16.5. The number of nitrogen functional groups attached to an aromatic ring is 1. The molecule has 0 saturated heterocycles. The van der Waals surface area contributed by atoms with E-state index in [1.807, 2.05) is 39.2 Å². The molecule has 0 aliphatic heterocycles. The van der Waals surface area contributed by atoms with Crippen LogP contribution in [0.25, 0.3) is 33.7 Å². The molecule has 0 spiro atoms. The summed E-state index contributed by atoms with van der Waals surface area (Å²) in [5.41, 5.74) is 10.8. The van der Waals surface area contributed by atoms with Gasteiger partial charge in [-0.1, -0.05) is 25.1 Å². The summed E-state index contributed by atoms with van der Waals surface area (Å²) in [4.78, 5) is 21.4. The van der Waals surface area contributed by atoms with Gasteiger partial charge in [-0.05, 0) is 31.0 Å². The number of nitrogens with two attached hydrogens (primary N) is 1. The fourth-order valence-corrected chi connectivity index (χ4v) is 4.08. The van der Waals surface area contributed by atoms with Gasteiger partial charge in [0.05, 0.1) is 29.5 Å². The van der Waals surface area contributed by atoms with Gasteiger partial charge in [0.1, 0.15) is 11.3 Å². The minimum absolute atomic E-state index is 0.115. The summed E-state index contributed by atoms with van der Waals surface area (Å²) >= 11 is 0. The molecule has 8 nitrogen and oxygen atoms in total. The second kappa shape index (κ2) is 7.77. The molecule has 1 atom stereocenters. The van der Waals surface area contributed by atoms with Crippen LogP contribution in [0.2, 0.25) is 0 Å². The highest BCUT2D eigenvalue weighted by molar-refractivity contribution is 5.90. The van der Waals surface area contributed by atoms with Crippen molar-refractivity contribution < 1.29 is 4.39 Å². The Hall–Kier alpha value is -4.14. The molecular weight excluding hydrogens is 419 g/mol. The molecule has 5 rings (SSSR count). The van der Waals surface area contributed by atoms with Crippen molar-refractivity contribution in [1.82, 2.24) is 34.7 Å². The Kier molecular flexibility index (Phi) is 4.88. The highest BCUT2D eigenvalue weighted by Crippen LogP contribution is 2.38. The van der Waals surface area contributed by atoms with Crippen molar-refractivity contribution in [1.29, 1.82) is 0 Å². The molecule has 0 bridgehead atoms. The quantitative estimate of drug-likeness (QED) is 0.421. The van der Waals surface area contributed by atoms with Crippen molar-refractivity contribution in [3.8, 4) is 22.5 Å². The zero-order valence-corrected chi connectivity index (χ0v) is 18.5. The molecule has 0 radical (unpaired) electrons. The molecule has 0 amide bonds. The van der Waals surface area contributed by atoms with Crippen molar-refractivity contribution in [3.05, 3.63) is 72.2 Å². The molecular formula is C24H23FN8. The van der Waals surface area contributed by atoms with E-state index in [1.54, 1.807) is 35.4 Å². The van der Waals surface area contributed by atoms with Crippen molar-refractivity contribution in [2.24, 2.45) is 7.05 Å². The van der Waals surface area contributed by atoms with Crippen LogP contribution >= 0.6 is 0 Å². The predicted molar refractivity (Wildman–Crippen MR) is 125 cm³/mol. The molecule has 4 aromatic heterocycles. The van der Waals surface area contributed by atoms with E-state index in [1.165, 1.54) is 6.07 Å². The summed E-state index contributed by atoms with van der Waals surface area (Å²) in [6.45, 7) is 3.97. The van der Waals surface area contributed by atoms with Gasteiger partial charge in [-0.2, -0.15) is 5.10 Å². The third kappa shape index (κ3) is 3.51. The van der Waals surface area contributed by atoms with Crippen molar-refractivity contribution in [2.75, 3.05) is 5.73 Å². The minimum atomic E-state index is -0.685. The monoisotopic (exact) mass is 442 g/mol. The number of aromatic amines is 1. The molecule has 4 heterocycles. The SMILES string of the molecule is CC[C@@](C)(c1cc(-c2c[nH]c3ncc(-c4cnn(C)c4)nc23)nc(N)n1)c1ccccc1F. The number of hydrogen-bond acceptors (Lipinski definition) is 6. The van der Waals surface area contributed by atoms with Crippen LogP contribution in [-0.4, -0.2) is 34.7 Å². The molecule has 9 heteroatoms. The maximum Gasteiger partial charge on any atom is 0.220 e. The van der Waals surface area contributed by atoms with Crippen LogP contribution in [0.4, 0.5) is 10.3 Å². The number of anilines is 1. The normalized spacial score (nSPS) is 13.3. The number of aryl methyl sites for hydroxylation is 1. The van der Waals surface area contributed by atoms with Gasteiger partial charge in [0.15, 0.2) is 5.65 Å². The van der Waals surface area contributed by atoms with E-state index in [9.17, 15) is 4.39 Å². The number of rotatable bonds is 5. The smallest absolute Gasteiger partial charge is 0.220 e. The van der Waals surface area contributed by atoms with Gasteiger partial charge in [-0.3, -0.25) is 4.68 Å². The van der Waals surface area contributed by atoms with Gasteiger partial charge < -0.3 is 10.7 Å². The van der Waals surface area contributed by atoms with Gasteiger partial charge >= 0.3 is 0 Å². The summed E-state index contributed by atoms with van der Waals surface area (Å²) in [5.74, 6) is -0.163. The first kappa shape index (κ1) is 20.7. The van der Waals surface area contributed by atoms with Crippen LogP contribution in [0, 0.1) is 5.82 Å². The second-order valence-electron chi connectivity index (χ2n) is 8.22. The maximum absolute atomic E-state index is 14.7. The fourth-order valence-electron chi connectivity index (χ4n) is 4.08. The Morgan fingerprint density at radius 3 is 2.67 bits per heavy atom. The molecule has 0 aliphatic rings. The van der Waals surface area contributed by atoms with E-state index in [2.05, 4.69) is 25.0 Å². The van der Waals surface area contributed by atoms with Crippen LogP contribution in [0.1, 0.15) is 31.5 Å². The topological polar surface area (TPSA) is 111 Å². The van der Waals surface area contributed by atoms with Crippen molar-refractivity contribution >= 4 is 17.1 Å². The highest BCUT2D eigenvalue weighted by Gasteiger charge is 2.32. The van der Waals surface area contributed by atoms with Gasteiger partial charge in [-0.25, -0.2) is 24.3 Å². The Morgan fingerprint density at radius 1 is 1.12 bits per heavy atom. The minimum Gasteiger partial charge on any atom is -0.368 e. The number of halogens is 1. The van der Waals surface area contributed by atoms with Crippen LogP contribution < -0.4 is 5.73 Å². The molecule has 0 saturated carbocycles. The first-order chi connectivity index (χ1) is 15.9. The van der Waals surface area contributed by atoms with Crippen LogP contribution in [0.5, 0.6) is 0 Å². The molecule has 3 N–H and O–H groups in total. The molecule has 0 fully saturated rings. The zero-order chi connectivity index (χ0) is 23.2. The van der Waals surface area contributed by atoms with Crippen LogP contribution in [0.15, 0.2) is 55.1 Å². The lowest BCUT2D eigenvalue weighted by molar-refractivity contribution is 0.490. The lowest BCUT2D eigenvalue weighted by Crippen LogP contribution is -2.26. The summed E-state index contributed by atoms with van der Waals surface area (Å²) in [6, 6.07) is 8.61.